The number of pyridine rings is 1. The Morgan fingerprint density at radius 1 is 1.25 bits per heavy atom. The van der Waals surface area contributed by atoms with Crippen molar-refractivity contribution in [3.63, 3.8) is 0 Å². The highest BCUT2D eigenvalue weighted by Gasteiger charge is 2.63. The minimum absolute atomic E-state index is 0.0214. The highest BCUT2D eigenvalue weighted by atomic mass is 19.1. The van der Waals surface area contributed by atoms with Crippen LogP contribution in [-0.4, -0.2) is 27.2 Å². The van der Waals surface area contributed by atoms with E-state index in [1.54, 1.807) is 6.07 Å². The number of amides is 1. The number of aryl methyl sites for hydroxylation is 1. The van der Waals surface area contributed by atoms with Crippen LogP contribution >= 0.6 is 0 Å². The predicted molar refractivity (Wildman–Crippen MR) is 114 cm³/mol. The first kappa shape index (κ1) is 21.7. The third kappa shape index (κ3) is 4.01. The number of nitrogens with one attached hydrogen (secondary N) is 1. The smallest absolute Gasteiger partial charge is 0.310 e. The van der Waals surface area contributed by atoms with Gasteiger partial charge in [-0.15, -0.1) is 0 Å². The number of rotatable bonds is 8. The molecule has 0 aliphatic heterocycles. The quantitative estimate of drug-likeness (QED) is 0.366. The Bertz CT molecular complexity index is 1200. The van der Waals surface area contributed by atoms with Gasteiger partial charge in [-0.1, -0.05) is 31.2 Å². The molecule has 0 bridgehead atoms. The highest BCUT2D eigenvalue weighted by molar-refractivity contribution is 5.92. The summed E-state index contributed by atoms with van der Waals surface area (Å²) in [4.78, 5) is 27.9. The van der Waals surface area contributed by atoms with Crippen molar-refractivity contribution >= 4 is 22.8 Å². The van der Waals surface area contributed by atoms with Crippen molar-refractivity contribution in [2.75, 3.05) is 0 Å². The number of hydroxylamine groups is 1. The van der Waals surface area contributed by atoms with Gasteiger partial charge in [0.15, 0.2) is 11.6 Å². The fraction of sp³-hybridized carbons (Fsp3) is 0.292. The molecule has 32 heavy (non-hydrogen) atoms. The molecular formula is C24H23FN2O5. The van der Waals surface area contributed by atoms with Crippen LogP contribution in [0.4, 0.5) is 4.39 Å². The fourth-order valence-corrected chi connectivity index (χ4v) is 4.13. The predicted octanol–water partition coefficient (Wildman–Crippen LogP) is 3.65. The van der Waals surface area contributed by atoms with E-state index in [1.165, 1.54) is 17.6 Å². The van der Waals surface area contributed by atoms with E-state index in [0.717, 1.165) is 28.6 Å². The zero-order valence-electron chi connectivity index (χ0n) is 17.5. The highest BCUT2D eigenvalue weighted by Crippen LogP contribution is 2.55. The van der Waals surface area contributed by atoms with E-state index in [9.17, 15) is 19.1 Å². The number of hydrogen-bond donors (Lipinski definition) is 3. The van der Waals surface area contributed by atoms with Crippen LogP contribution in [0.2, 0.25) is 0 Å². The molecule has 3 aromatic rings. The van der Waals surface area contributed by atoms with Crippen LogP contribution in [0.15, 0.2) is 48.5 Å². The Hall–Kier alpha value is -3.52. The van der Waals surface area contributed by atoms with Crippen molar-refractivity contribution in [1.82, 2.24) is 10.5 Å². The molecule has 0 spiro atoms. The zero-order chi connectivity index (χ0) is 22.9. The van der Waals surface area contributed by atoms with Crippen molar-refractivity contribution in [3.8, 4) is 5.75 Å². The van der Waals surface area contributed by atoms with Crippen molar-refractivity contribution < 1.29 is 29.0 Å². The standard InChI is InChI=1S/C24H23FN2O5/c1-2-16-10-15(17-5-3-4-6-20(17)26-16)13-32-21-8-7-14(9-19(21)25)11-24(23(29)30)12-18(24)22(28)27-31/h3-10,18,31H,2,11-13H2,1H3,(H,27,28)(H,29,30). The van der Waals surface area contributed by atoms with E-state index in [4.69, 9.17) is 9.94 Å². The fourth-order valence-electron chi connectivity index (χ4n) is 4.13. The Balaban J connectivity index is 1.51. The Morgan fingerprint density at radius 2 is 2.03 bits per heavy atom. The molecule has 2 atom stereocenters. The van der Waals surface area contributed by atoms with Gasteiger partial charge in [0.1, 0.15) is 6.61 Å². The second-order valence-corrected chi connectivity index (χ2v) is 8.07. The number of carbonyl (C=O) groups is 2. The van der Waals surface area contributed by atoms with Crippen molar-refractivity contribution in [2.24, 2.45) is 11.3 Å². The first-order chi connectivity index (χ1) is 15.4. The third-order valence-electron chi connectivity index (χ3n) is 6.04. The maximum Gasteiger partial charge on any atom is 0.310 e. The van der Waals surface area contributed by atoms with Crippen molar-refractivity contribution in [2.45, 2.75) is 32.8 Å². The summed E-state index contributed by atoms with van der Waals surface area (Å²) < 4.78 is 20.5. The van der Waals surface area contributed by atoms with Crippen LogP contribution < -0.4 is 10.2 Å². The van der Waals surface area contributed by atoms with Crippen LogP contribution in [0, 0.1) is 17.2 Å². The molecule has 0 radical (unpaired) electrons. The lowest BCUT2D eigenvalue weighted by Gasteiger charge is -2.14. The van der Waals surface area contributed by atoms with Crippen LogP contribution in [0.25, 0.3) is 10.9 Å². The molecule has 1 aliphatic carbocycles. The number of carboxylic acids is 1. The molecule has 2 unspecified atom stereocenters. The Morgan fingerprint density at radius 3 is 2.72 bits per heavy atom. The molecule has 1 amide bonds. The number of hydrogen-bond acceptors (Lipinski definition) is 5. The first-order valence-electron chi connectivity index (χ1n) is 10.3. The number of fused-ring (bicyclic) bond motifs is 1. The molecule has 0 saturated heterocycles. The van der Waals surface area contributed by atoms with Gasteiger partial charge in [-0.3, -0.25) is 19.8 Å². The third-order valence-corrected chi connectivity index (χ3v) is 6.04. The van der Waals surface area contributed by atoms with Gasteiger partial charge in [0.25, 0.3) is 0 Å². The molecule has 3 N–H and O–H groups in total. The van der Waals surface area contributed by atoms with Gasteiger partial charge < -0.3 is 9.84 Å². The lowest BCUT2D eigenvalue weighted by Crippen LogP contribution is -2.29. The summed E-state index contributed by atoms with van der Waals surface area (Å²) in [6.07, 6.45) is 0.831. The van der Waals surface area contributed by atoms with E-state index >= 15 is 0 Å². The van der Waals surface area contributed by atoms with E-state index in [0.29, 0.717) is 5.56 Å². The largest absolute Gasteiger partial charge is 0.486 e. The van der Waals surface area contributed by atoms with Gasteiger partial charge in [-0.05, 0) is 49.1 Å². The molecule has 166 valence electrons. The average molecular weight is 438 g/mol. The SMILES string of the molecule is CCc1cc(COc2ccc(CC3(C(=O)O)CC3C(=O)NO)cc2F)c2ccccc2n1. The van der Waals surface area contributed by atoms with Crippen molar-refractivity contribution in [1.29, 1.82) is 0 Å². The van der Waals surface area contributed by atoms with Crippen LogP contribution in [0.1, 0.15) is 30.2 Å². The number of halogens is 1. The molecule has 1 aromatic heterocycles. The number of benzene rings is 2. The normalized spacial score (nSPS) is 19.5. The number of carbonyl (C=O) groups excluding carboxylic acids is 1. The van der Waals surface area contributed by atoms with Crippen LogP contribution in [0.3, 0.4) is 0 Å². The van der Waals surface area contributed by atoms with Crippen LogP contribution in [0.5, 0.6) is 5.75 Å². The second kappa shape index (κ2) is 8.55. The average Bonchev–Trinajstić information content (AvgIpc) is 3.53. The topological polar surface area (TPSA) is 109 Å². The van der Waals surface area contributed by atoms with Crippen LogP contribution in [-0.2, 0) is 29.0 Å². The molecule has 1 saturated carbocycles. The van der Waals surface area contributed by atoms with Gasteiger partial charge in [-0.25, -0.2) is 9.87 Å². The van der Waals surface area contributed by atoms with E-state index in [-0.39, 0.29) is 25.2 Å². The molecular weight excluding hydrogens is 415 g/mol. The summed E-state index contributed by atoms with van der Waals surface area (Å²) in [5.74, 6) is -3.30. The summed E-state index contributed by atoms with van der Waals surface area (Å²) in [5, 5.41) is 19.3. The summed E-state index contributed by atoms with van der Waals surface area (Å²) >= 11 is 0. The minimum Gasteiger partial charge on any atom is -0.486 e. The lowest BCUT2D eigenvalue weighted by molar-refractivity contribution is -0.146. The summed E-state index contributed by atoms with van der Waals surface area (Å²) in [7, 11) is 0. The van der Waals surface area contributed by atoms with Crippen molar-refractivity contribution in [3.05, 3.63) is 71.2 Å². The van der Waals surface area contributed by atoms with E-state index in [1.807, 2.05) is 37.3 Å². The Kier molecular flexibility index (Phi) is 5.80. The summed E-state index contributed by atoms with van der Waals surface area (Å²) in [5.41, 5.74) is 3.27. The maximum absolute atomic E-state index is 14.7. The molecule has 1 heterocycles. The zero-order valence-corrected chi connectivity index (χ0v) is 17.5. The molecule has 8 heteroatoms. The van der Waals surface area contributed by atoms with Gasteiger partial charge in [-0.2, -0.15) is 0 Å². The number of nitrogens with zero attached hydrogens (tertiary/aromatic N) is 1. The second-order valence-electron chi connectivity index (χ2n) is 8.07. The van der Waals surface area contributed by atoms with E-state index in [2.05, 4.69) is 4.98 Å². The molecule has 7 nitrogen and oxygen atoms in total. The number of aliphatic carboxylic acids is 1. The number of ether oxygens (including phenoxy) is 1. The number of aromatic nitrogens is 1. The lowest BCUT2D eigenvalue weighted by atomic mass is 9.93. The minimum atomic E-state index is -1.34. The van der Waals surface area contributed by atoms with Gasteiger partial charge >= 0.3 is 5.97 Å². The van der Waals surface area contributed by atoms with E-state index < -0.39 is 29.0 Å². The van der Waals surface area contributed by atoms with Gasteiger partial charge in [0.2, 0.25) is 5.91 Å². The number of para-hydroxylation sites is 1. The summed E-state index contributed by atoms with van der Waals surface area (Å²) in [6, 6.07) is 13.9. The molecule has 4 rings (SSSR count). The molecule has 1 fully saturated rings. The van der Waals surface area contributed by atoms with Gasteiger partial charge in [0.05, 0.1) is 16.8 Å². The Labute approximate surface area is 183 Å². The number of carboxylic acid groups (broad SMARTS) is 1. The van der Waals surface area contributed by atoms with Gasteiger partial charge in [0, 0.05) is 16.6 Å². The molecule has 2 aromatic carbocycles. The molecule has 1 aliphatic rings. The first-order valence-corrected chi connectivity index (χ1v) is 10.3. The maximum atomic E-state index is 14.7. The monoisotopic (exact) mass is 438 g/mol. The summed E-state index contributed by atoms with van der Waals surface area (Å²) in [6.45, 7) is 2.17.